The molecule has 16 heavy (non-hydrogen) atoms. The number of nitrogens with one attached hydrogen (secondary N) is 1. The van der Waals surface area contributed by atoms with Crippen molar-refractivity contribution in [1.29, 1.82) is 0 Å². The molecule has 0 radical (unpaired) electrons. The fourth-order valence-electron chi connectivity index (χ4n) is 1.96. The van der Waals surface area contributed by atoms with E-state index in [0.29, 0.717) is 6.04 Å². The molecule has 1 rings (SSSR count). The second-order valence-electron chi connectivity index (χ2n) is 4.47. The Bertz CT molecular complexity index is 261. The smallest absolute Gasteiger partial charge is 0.0924 e. The summed E-state index contributed by atoms with van der Waals surface area (Å²) in [6.45, 7) is 7.82. The van der Waals surface area contributed by atoms with Gasteiger partial charge in [0.2, 0.25) is 0 Å². The van der Waals surface area contributed by atoms with Crippen LogP contribution in [0.5, 0.6) is 0 Å². The maximum Gasteiger partial charge on any atom is 0.0924 e. The molecule has 0 bridgehead atoms. The van der Waals surface area contributed by atoms with Gasteiger partial charge in [-0.15, -0.1) is 5.10 Å². The molecule has 4 heteroatoms. The van der Waals surface area contributed by atoms with Crippen LogP contribution < -0.4 is 5.32 Å². The lowest BCUT2D eigenvalue weighted by molar-refractivity contribution is 0.384. The summed E-state index contributed by atoms with van der Waals surface area (Å²) in [5.41, 5.74) is 1.11. The summed E-state index contributed by atoms with van der Waals surface area (Å²) in [5, 5.41) is 9.82. The first-order chi connectivity index (χ1) is 7.77. The van der Waals surface area contributed by atoms with Gasteiger partial charge in [0.05, 0.1) is 11.7 Å². The molecular formula is C12H23N3S. The summed E-state index contributed by atoms with van der Waals surface area (Å²) in [7, 11) is 0. The molecule has 0 aromatic carbocycles. The molecule has 2 unspecified atom stereocenters. The minimum absolute atomic E-state index is 0.389. The van der Waals surface area contributed by atoms with Crippen molar-refractivity contribution in [2.24, 2.45) is 5.92 Å². The van der Waals surface area contributed by atoms with Gasteiger partial charge in [-0.2, -0.15) is 0 Å². The SMILES string of the molecule is CCCNC(CC(C)CCC)c1csnn1. The zero-order valence-electron chi connectivity index (χ0n) is 10.6. The predicted molar refractivity (Wildman–Crippen MR) is 69.6 cm³/mol. The van der Waals surface area contributed by atoms with Crippen LogP contribution >= 0.6 is 11.5 Å². The molecule has 1 aromatic heterocycles. The molecule has 0 aliphatic heterocycles. The maximum absolute atomic E-state index is 4.19. The van der Waals surface area contributed by atoms with Gasteiger partial charge in [-0.1, -0.05) is 38.1 Å². The van der Waals surface area contributed by atoms with E-state index in [0.717, 1.165) is 24.6 Å². The van der Waals surface area contributed by atoms with Crippen LogP contribution in [0.2, 0.25) is 0 Å². The highest BCUT2D eigenvalue weighted by atomic mass is 32.1. The molecule has 0 aliphatic rings. The highest BCUT2D eigenvalue weighted by Crippen LogP contribution is 2.23. The van der Waals surface area contributed by atoms with E-state index in [1.807, 2.05) is 0 Å². The van der Waals surface area contributed by atoms with Gasteiger partial charge in [0.1, 0.15) is 0 Å². The van der Waals surface area contributed by atoms with E-state index in [1.54, 1.807) is 0 Å². The third kappa shape index (κ3) is 4.58. The lowest BCUT2D eigenvalue weighted by atomic mass is 9.96. The summed E-state index contributed by atoms with van der Waals surface area (Å²) in [6, 6.07) is 0.389. The summed E-state index contributed by atoms with van der Waals surface area (Å²) >= 11 is 1.44. The van der Waals surface area contributed by atoms with Gasteiger partial charge in [-0.05, 0) is 36.8 Å². The minimum Gasteiger partial charge on any atom is -0.309 e. The predicted octanol–water partition coefficient (Wildman–Crippen LogP) is 3.41. The van der Waals surface area contributed by atoms with Crippen molar-refractivity contribution in [2.45, 2.75) is 52.5 Å². The van der Waals surface area contributed by atoms with E-state index in [4.69, 9.17) is 0 Å². The summed E-state index contributed by atoms with van der Waals surface area (Å²) < 4.78 is 3.96. The quantitative estimate of drug-likeness (QED) is 0.758. The molecule has 0 aliphatic carbocycles. The van der Waals surface area contributed by atoms with E-state index in [9.17, 15) is 0 Å². The molecule has 0 saturated carbocycles. The first-order valence-electron chi connectivity index (χ1n) is 6.28. The number of nitrogens with zero attached hydrogens (tertiary/aromatic N) is 2. The van der Waals surface area contributed by atoms with Crippen molar-refractivity contribution in [3.63, 3.8) is 0 Å². The van der Waals surface area contributed by atoms with Crippen LogP contribution in [0.25, 0.3) is 0 Å². The Balaban J connectivity index is 2.50. The fraction of sp³-hybridized carbons (Fsp3) is 0.833. The molecule has 1 aromatic rings. The van der Waals surface area contributed by atoms with Crippen molar-refractivity contribution in [1.82, 2.24) is 14.9 Å². The van der Waals surface area contributed by atoms with Crippen molar-refractivity contribution in [2.75, 3.05) is 6.54 Å². The molecular weight excluding hydrogens is 218 g/mol. The van der Waals surface area contributed by atoms with E-state index in [-0.39, 0.29) is 0 Å². The largest absolute Gasteiger partial charge is 0.309 e. The van der Waals surface area contributed by atoms with Crippen molar-refractivity contribution in [3.8, 4) is 0 Å². The molecule has 0 saturated heterocycles. The highest BCUT2D eigenvalue weighted by Gasteiger charge is 2.16. The van der Waals surface area contributed by atoms with Gasteiger partial charge in [-0.25, -0.2) is 0 Å². The normalized spacial score (nSPS) is 14.9. The zero-order chi connectivity index (χ0) is 11.8. The van der Waals surface area contributed by atoms with Gasteiger partial charge in [0, 0.05) is 5.38 Å². The maximum atomic E-state index is 4.19. The highest BCUT2D eigenvalue weighted by molar-refractivity contribution is 7.03. The Morgan fingerprint density at radius 2 is 2.19 bits per heavy atom. The van der Waals surface area contributed by atoms with Gasteiger partial charge < -0.3 is 5.32 Å². The second kappa shape index (κ2) is 7.74. The van der Waals surface area contributed by atoms with Crippen LogP contribution in [-0.2, 0) is 0 Å². The Kier molecular flexibility index (Phi) is 6.57. The summed E-state index contributed by atoms with van der Waals surface area (Å²) in [5.74, 6) is 0.751. The molecule has 0 spiro atoms. The Hall–Kier alpha value is -0.480. The van der Waals surface area contributed by atoms with Crippen LogP contribution in [0.15, 0.2) is 5.38 Å². The monoisotopic (exact) mass is 241 g/mol. The van der Waals surface area contributed by atoms with E-state index >= 15 is 0 Å². The van der Waals surface area contributed by atoms with Crippen LogP contribution in [0, 0.1) is 5.92 Å². The second-order valence-corrected chi connectivity index (χ2v) is 5.08. The number of hydrogen-bond acceptors (Lipinski definition) is 4. The van der Waals surface area contributed by atoms with Crippen molar-refractivity contribution in [3.05, 3.63) is 11.1 Å². The standard InChI is InChI=1S/C12H23N3S/c1-4-6-10(3)8-11(13-7-5-2)12-9-16-15-14-12/h9-11,13H,4-8H2,1-3H3. The van der Waals surface area contributed by atoms with Crippen LogP contribution in [-0.4, -0.2) is 16.1 Å². The third-order valence-electron chi connectivity index (χ3n) is 2.79. The van der Waals surface area contributed by atoms with Crippen molar-refractivity contribution >= 4 is 11.5 Å². The summed E-state index contributed by atoms with van der Waals surface area (Å²) in [4.78, 5) is 0. The Labute approximate surface area is 103 Å². The van der Waals surface area contributed by atoms with Crippen LogP contribution in [0.3, 0.4) is 0 Å². The molecule has 3 nitrogen and oxygen atoms in total. The molecule has 92 valence electrons. The number of aromatic nitrogens is 2. The van der Waals surface area contributed by atoms with Crippen molar-refractivity contribution < 1.29 is 0 Å². The lowest BCUT2D eigenvalue weighted by Crippen LogP contribution is -2.24. The first kappa shape index (κ1) is 13.6. The van der Waals surface area contributed by atoms with E-state index in [2.05, 4.69) is 41.1 Å². The Morgan fingerprint density at radius 1 is 1.38 bits per heavy atom. The molecule has 1 heterocycles. The molecule has 0 fully saturated rings. The van der Waals surface area contributed by atoms with Gasteiger partial charge >= 0.3 is 0 Å². The third-order valence-corrected chi connectivity index (χ3v) is 3.32. The van der Waals surface area contributed by atoms with Gasteiger partial charge in [0.25, 0.3) is 0 Å². The molecule has 1 N–H and O–H groups in total. The van der Waals surface area contributed by atoms with E-state index < -0.39 is 0 Å². The zero-order valence-corrected chi connectivity index (χ0v) is 11.4. The van der Waals surface area contributed by atoms with Crippen LogP contribution in [0.1, 0.15) is 58.2 Å². The number of hydrogen-bond donors (Lipinski definition) is 1. The minimum atomic E-state index is 0.389. The van der Waals surface area contributed by atoms with Gasteiger partial charge in [-0.3, -0.25) is 0 Å². The number of rotatable bonds is 8. The fourth-order valence-corrected chi connectivity index (χ4v) is 2.47. The van der Waals surface area contributed by atoms with Gasteiger partial charge in [0.15, 0.2) is 0 Å². The average Bonchev–Trinajstić information content (AvgIpc) is 2.77. The molecule has 2 atom stereocenters. The Morgan fingerprint density at radius 3 is 2.75 bits per heavy atom. The molecule has 0 amide bonds. The van der Waals surface area contributed by atoms with E-state index in [1.165, 1.54) is 30.8 Å². The van der Waals surface area contributed by atoms with Crippen LogP contribution in [0.4, 0.5) is 0 Å². The topological polar surface area (TPSA) is 37.8 Å². The summed E-state index contributed by atoms with van der Waals surface area (Å²) in [6.07, 6.45) is 4.88. The lowest BCUT2D eigenvalue weighted by Gasteiger charge is -2.20. The first-order valence-corrected chi connectivity index (χ1v) is 7.11. The average molecular weight is 241 g/mol.